The molecule has 5 nitrogen and oxygen atoms in total. The zero-order valence-corrected chi connectivity index (χ0v) is 17.7. The molecular formula is C25H20ClNO4. The van der Waals surface area contributed by atoms with E-state index in [4.69, 9.17) is 11.6 Å². The Labute approximate surface area is 184 Å². The van der Waals surface area contributed by atoms with Crippen LogP contribution in [-0.2, 0) is 9.59 Å². The van der Waals surface area contributed by atoms with Crippen LogP contribution in [0.15, 0.2) is 72.3 Å². The molecule has 6 heteroatoms. The predicted molar refractivity (Wildman–Crippen MR) is 120 cm³/mol. The third kappa shape index (κ3) is 3.68. The Morgan fingerprint density at radius 3 is 2.35 bits per heavy atom. The van der Waals surface area contributed by atoms with Gasteiger partial charge in [0.2, 0.25) is 0 Å². The molecule has 1 atom stereocenters. The van der Waals surface area contributed by atoms with Crippen LogP contribution in [0.4, 0.5) is 5.69 Å². The number of Topliss-reactive ketones (excluding diaryl/α,β-unsaturated/α-hetero) is 1. The van der Waals surface area contributed by atoms with Crippen LogP contribution >= 0.6 is 11.6 Å². The summed E-state index contributed by atoms with van der Waals surface area (Å²) in [5.74, 6) is -1.72. The van der Waals surface area contributed by atoms with Gasteiger partial charge in [-0.25, -0.2) is 0 Å². The largest absolute Gasteiger partial charge is 0.508 e. The molecule has 0 aliphatic carbocycles. The molecule has 3 aromatic rings. The smallest absolute Gasteiger partial charge is 0.300 e. The normalized spacial score (nSPS) is 17.9. The molecule has 1 heterocycles. The predicted octanol–water partition coefficient (Wildman–Crippen LogP) is 5.29. The van der Waals surface area contributed by atoms with Crippen molar-refractivity contribution in [2.75, 3.05) is 4.90 Å². The molecule has 0 saturated carbocycles. The lowest BCUT2D eigenvalue weighted by Gasteiger charge is -2.25. The van der Waals surface area contributed by atoms with Gasteiger partial charge in [-0.3, -0.25) is 14.5 Å². The second-order valence-corrected chi connectivity index (χ2v) is 8.00. The van der Waals surface area contributed by atoms with Crippen molar-refractivity contribution in [1.29, 1.82) is 0 Å². The first-order valence-corrected chi connectivity index (χ1v) is 10.1. The van der Waals surface area contributed by atoms with Crippen LogP contribution in [0.5, 0.6) is 5.75 Å². The number of nitrogens with zero attached hydrogens (tertiary/aromatic N) is 1. The van der Waals surface area contributed by atoms with E-state index in [1.807, 2.05) is 26.0 Å². The average Bonchev–Trinajstić information content (AvgIpc) is 3.01. The monoisotopic (exact) mass is 433 g/mol. The minimum atomic E-state index is -0.876. The number of hydrogen-bond acceptors (Lipinski definition) is 4. The average molecular weight is 434 g/mol. The minimum Gasteiger partial charge on any atom is -0.508 e. The summed E-state index contributed by atoms with van der Waals surface area (Å²) in [6.07, 6.45) is 0. The Hall–Kier alpha value is -3.57. The molecular weight excluding hydrogens is 414 g/mol. The number of aliphatic hydroxyl groups is 1. The van der Waals surface area contributed by atoms with Crippen LogP contribution in [0.3, 0.4) is 0 Å². The van der Waals surface area contributed by atoms with Crippen molar-refractivity contribution in [3.63, 3.8) is 0 Å². The Kier molecular flexibility index (Phi) is 5.29. The van der Waals surface area contributed by atoms with Crippen molar-refractivity contribution < 1.29 is 19.8 Å². The zero-order valence-electron chi connectivity index (χ0n) is 17.0. The molecule has 1 aliphatic heterocycles. The molecule has 3 aromatic carbocycles. The highest BCUT2D eigenvalue weighted by atomic mass is 35.5. The number of halogens is 1. The number of carbonyl (C=O) groups is 2. The standard InChI is InChI=1S/C25H20ClNO4/c1-14-6-7-15(2)20(12-14)23(29)21-22(16-8-10-19(28)11-9-16)27(25(31)24(21)30)18-5-3-4-17(26)13-18/h3-13,22,28-29H,1-2H3/b23-21+. The number of aryl methyl sites for hydroxylation is 2. The van der Waals surface area contributed by atoms with Crippen LogP contribution in [0, 0.1) is 13.8 Å². The molecule has 2 N–H and O–H groups in total. The van der Waals surface area contributed by atoms with Gasteiger partial charge in [0.05, 0.1) is 11.6 Å². The minimum absolute atomic E-state index is 0.00985. The number of benzene rings is 3. The topological polar surface area (TPSA) is 77.8 Å². The fourth-order valence-electron chi connectivity index (χ4n) is 3.83. The molecule has 0 spiro atoms. The van der Waals surface area contributed by atoms with Gasteiger partial charge in [0.15, 0.2) is 0 Å². The van der Waals surface area contributed by atoms with Gasteiger partial charge in [0, 0.05) is 16.3 Å². The van der Waals surface area contributed by atoms with Gasteiger partial charge in [0.1, 0.15) is 11.5 Å². The summed E-state index contributed by atoms with van der Waals surface area (Å²) in [7, 11) is 0. The second-order valence-electron chi connectivity index (χ2n) is 7.56. The summed E-state index contributed by atoms with van der Waals surface area (Å²) < 4.78 is 0. The number of hydrogen-bond donors (Lipinski definition) is 2. The van der Waals surface area contributed by atoms with E-state index in [0.29, 0.717) is 21.8 Å². The number of rotatable bonds is 3. The summed E-state index contributed by atoms with van der Waals surface area (Å²) in [5.41, 5.74) is 3.19. The van der Waals surface area contributed by atoms with Crippen molar-refractivity contribution in [3.8, 4) is 5.75 Å². The van der Waals surface area contributed by atoms with Gasteiger partial charge in [-0.15, -0.1) is 0 Å². The number of phenolic OH excluding ortho intramolecular Hbond substituents is 1. The first kappa shape index (κ1) is 20.7. The quantitative estimate of drug-likeness (QED) is 0.334. The molecule has 1 fully saturated rings. The lowest BCUT2D eigenvalue weighted by molar-refractivity contribution is -0.132. The maximum atomic E-state index is 13.1. The Bertz CT molecular complexity index is 1230. The first-order valence-electron chi connectivity index (χ1n) is 9.71. The lowest BCUT2D eigenvalue weighted by Crippen LogP contribution is -2.29. The van der Waals surface area contributed by atoms with E-state index in [-0.39, 0.29) is 17.1 Å². The van der Waals surface area contributed by atoms with Crippen molar-refractivity contribution in [1.82, 2.24) is 0 Å². The van der Waals surface area contributed by atoms with Gasteiger partial charge in [-0.05, 0) is 61.4 Å². The van der Waals surface area contributed by atoms with Crippen molar-refractivity contribution in [2.45, 2.75) is 19.9 Å². The van der Waals surface area contributed by atoms with E-state index >= 15 is 0 Å². The van der Waals surface area contributed by atoms with Gasteiger partial charge in [-0.2, -0.15) is 0 Å². The van der Waals surface area contributed by atoms with Crippen molar-refractivity contribution >= 4 is 34.7 Å². The number of phenols is 1. The molecule has 1 saturated heterocycles. The highest BCUT2D eigenvalue weighted by Crippen LogP contribution is 2.43. The van der Waals surface area contributed by atoms with Gasteiger partial charge in [0.25, 0.3) is 11.7 Å². The summed E-state index contributed by atoms with van der Waals surface area (Å²) >= 11 is 6.14. The molecule has 0 radical (unpaired) electrons. The Balaban J connectivity index is 1.99. The molecule has 31 heavy (non-hydrogen) atoms. The maximum absolute atomic E-state index is 13.1. The zero-order chi connectivity index (χ0) is 22.3. The Morgan fingerprint density at radius 1 is 0.968 bits per heavy atom. The number of amides is 1. The highest BCUT2D eigenvalue weighted by Gasteiger charge is 2.47. The molecule has 0 aromatic heterocycles. The molecule has 1 unspecified atom stereocenters. The van der Waals surface area contributed by atoms with Gasteiger partial charge >= 0.3 is 0 Å². The van der Waals surface area contributed by atoms with E-state index in [0.717, 1.165) is 11.1 Å². The fraction of sp³-hybridized carbons (Fsp3) is 0.120. The third-order valence-electron chi connectivity index (χ3n) is 5.39. The Morgan fingerprint density at radius 2 is 1.68 bits per heavy atom. The number of aromatic hydroxyl groups is 1. The SMILES string of the molecule is Cc1ccc(C)c(/C(O)=C2\C(=O)C(=O)N(c3cccc(Cl)c3)C2c2ccc(O)cc2)c1. The van der Waals surface area contributed by atoms with Crippen LogP contribution < -0.4 is 4.90 Å². The van der Waals surface area contributed by atoms with E-state index in [1.54, 1.807) is 42.5 Å². The summed E-state index contributed by atoms with van der Waals surface area (Å²) in [4.78, 5) is 27.6. The van der Waals surface area contributed by atoms with E-state index in [9.17, 15) is 19.8 Å². The number of ketones is 1. The van der Waals surface area contributed by atoms with E-state index in [1.165, 1.54) is 17.0 Å². The van der Waals surface area contributed by atoms with Gasteiger partial charge < -0.3 is 10.2 Å². The van der Waals surface area contributed by atoms with Crippen LogP contribution in [-0.4, -0.2) is 21.9 Å². The van der Waals surface area contributed by atoms with Gasteiger partial charge in [-0.1, -0.05) is 47.5 Å². The lowest BCUT2D eigenvalue weighted by atomic mass is 9.93. The van der Waals surface area contributed by atoms with E-state index in [2.05, 4.69) is 0 Å². The number of anilines is 1. The summed E-state index contributed by atoms with van der Waals surface area (Å²) in [6.45, 7) is 3.72. The molecule has 1 amide bonds. The maximum Gasteiger partial charge on any atom is 0.300 e. The summed E-state index contributed by atoms with van der Waals surface area (Å²) in [5, 5.41) is 21.4. The van der Waals surface area contributed by atoms with E-state index < -0.39 is 17.7 Å². The van der Waals surface area contributed by atoms with Crippen LogP contribution in [0.2, 0.25) is 5.02 Å². The molecule has 4 rings (SSSR count). The third-order valence-corrected chi connectivity index (χ3v) is 5.62. The number of aliphatic hydroxyl groups excluding tert-OH is 1. The number of carbonyl (C=O) groups excluding carboxylic acids is 2. The highest BCUT2D eigenvalue weighted by molar-refractivity contribution is 6.51. The van der Waals surface area contributed by atoms with Crippen molar-refractivity contribution in [2.24, 2.45) is 0 Å². The fourth-order valence-corrected chi connectivity index (χ4v) is 4.02. The summed E-state index contributed by atoms with van der Waals surface area (Å²) in [6, 6.07) is 17.5. The molecule has 1 aliphatic rings. The first-order chi connectivity index (χ1) is 14.8. The second kappa shape index (κ2) is 7.93. The molecule has 156 valence electrons. The van der Waals surface area contributed by atoms with Crippen LogP contribution in [0.25, 0.3) is 5.76 Å². The van der Waals surface area contributed by atoms with Crippen molar-refractivity contribution in [3.05, 3.63) is 99.6 Å². The van der Waals surface area contributed by atoms with Crippen LogP contribution in [0.1, 0.15) is 28.3 Å². The molecule has 0 bridgehead atoms.